The van der Waals surface area contributed by atoms with Crippen molar-refractivity contribution in [2.75, 3.05) is 7.05 Å². The van der Waals surface area contributed by atoms with Crippen LogP contribution in [-0.2, 0) is 24.1 Å². The van der Waals surface area contributed by atoms with E-state index < -0.39 is 0 Å². The molecule has 0 bridgehead atoms. The van der Waals surface area contributed by atoms with Gasteiger partial charge in [0.2, 0.25) is 11.8 Å². The fourth-order valence-corrected chi connectivity index (χ4v) is 2.95. The Balaban J connectivity index is 1.72. The molecule has 21 heavy (non-hydrogen) atoms. The van der Waals surface area contributed by atoms with E-state index in [1.165, 1.54) is 17.5 Å². The van der Waals surface area contributed by atoms with E-state index in [0.29, 0.717) is 17.6 Å². The van der Waals surface area contributed by atoms with E-state index in [1.807, 2.05) is 0 Å². The normalized spacial score (nSPS) is 17.3. The Kier molecular flexibility index (Phi) is 3.99. The number of nitrogens with one attached hydrogen (secondary N) is 1. The lowest BCUT2D eigenvalue weighted by atomic mass is 9.81. The molecule has 0 radical (unpaired) electrons. The smallest absolute Gasteiger partial charge is 0.227 e. The Morgan fingerprint density at radius 1 is 1.43 bits per heavy atom. The highest BCUT2D eigenvalue weighted by Gasteiger charge is 2.22. The zero-order valence-corrected chi connectivity index (χ0v) is 12.1. The SMILES string of the molecule is CNC(=O)Cc1noc(C[C@@H]2CCCc3ccccc32)n1. The van der Waals surface area contributed by atoms with Crippen molar-refractivity contribution < 1.29 is 9.32 Å². The summed E-state index contributed by atoms with van der Waals surface area (Å²) in [6.07, 6.45) is 4.41. The number of aromatic nitrogens is 2. The van der Waals surface area contributed by atoms with Gasteiger partial charge in [0.05, 0.1) is 6.42 Å². The Morgan fingerprint density at radius 2 is 2.29 bits per heavy atom. The number of nitrogens with zero attached hydrogens (tertiary/aromatic N) is 2. The molecule has 1 aliphatic carbocycles. The number of rotatable bonds is 4. The topological polar surface area (TPSA) is 68.0 Å². The number of hydrogen-bond donors (Lipinski definition) is 1. The van der Waals surface area contributed by atoms with Crippen LogP contribution in [0.25, 0.3) is 0 Å². The Bertz CT molecular complexity index is 636. The summed E-state index contributed by atoms with van der Waals surface area (Å²) in [5, 5.41) is 6.44. The highest BCUT2D eigenvalue weighted by atomic mass is 16.5. The van der Waals surface area contributed by atoms with Crippen LogP contribution in [0.1, 0.15) is 41.6 Å². The quantitative estimate of drug-likeness (QED) is 0.933. The van der Waals surface area contributed by atoms with Gasteiger partial charge >= 0.3 is 0 Å². The van der Waals surface area contributed by atoms with Gasteiger partial charge in [0.25, 0.3) is 0 Å². The third-order valence-corrected chi connectivity index (χ3v) is 4.02. The maximum atomic E-state index is 11.3. The van der Waals surface area contributed by atoms with E-state index in [4.69, 9.17) is 4.52 Å². The van der Waals surface area contributed by atoms with Crippen LogP contribution in [0.3, 0.4) is 0 Å². The summed E-state index contributed by atoms with van der Waals surface area (Å²) in [6, 6.07) is 8.57. The van der Waals surface area contributed by atoms with Gasteiger partial charge in [0, 0.05) is 13.5 Å². The first-order chi connectivity index (χ1) is 10.3. The highest BCUT2D eigenvalue weighted by Crippen LogP contribution is 2.33. The minimum absolute atomic E-state index is 0.106. The van der Waals surface area contributed by atoms with Crippen LogP contribution >= 0.6 is 0 Å². The number of carbonyl (C=O) groups excluding carboxylic acids is 1. The second-order valence-corrected chi connectivity index (χ2v) is 5.45. The molecule has 110 valence electrons. The lowest BCUT2D eigenvalue weighted by Gasteiger charge is -2.24. The van der Waals surface area contributed by atoms with Crippen LogP contribution in [0, 0.1) is 0 Å². The molecule has 5 heteroatoms. The predicted octanol–water partition coefficient (Wildman–Crippen LogP) is 2.02. The third kappa shape index (κ3) is 3.12. The summed E-state index contributed by atoms with van der Waals surface area (Å²) in [5.74, 6) is 1.40. The number of aryl methyl sites for hydroxylation is 1. The van der Waals surface area contributed by atoms with Crippen molar-refractivity contribution >= 4 is 5.91 Å². The predicted molar refractivity (Wildman–Crippen MR) is 77.9 cm³/mol. The van der Waals surface area contributed by atoms with Gasteiger partial charge in [-0.25, -0.2) is 0 Å². The van der Waals surface area contributed by atoms with Crippen LogP contribution in [0.15, 0.2) is 28.8 Å². The van der Waals surface area contributed by atoms with Crippen molar-refractivity contribution in [2.45, 2.75) is 38.0 Å². The number of fused-ring (bicyclic) bond motifs is 1. The van der Waals surface area contributed by atoms with Crippen LogP contribution in [0.2, 0.25) is 0 Å². The van der Waals surface area contributed by atoms with Crippen molar-refractivity contribution in [3.05, 3.63) is 47.1 Å². The number of hydrogen-bond acceptors (Lipinski definition) is 4. The van der Waals surface area contributed by atoms with Crippen LogP contribution in [-0.4, -0.2) is 23.1 Å². The fraction of sp³-hybridized carbons (Fsp3) is 0.438. The van der Waals surface area contributed by atoms with Crippen LogP contribution in [0.4, 0.5) is 0 Å². The molecule has 1 N–H and O–H groups in total. The minimum atomic E-state index is -0.106. The van der Waals surface area contributed by atoms with Gasteiger partial charge in [-0.15, -0.1) is 0 Å². The van der Waals surface area contributed by atoms with Crippen molar-refractivity contribution in [2.24, 2.45) is 0 Å². The number of amides is 1. The fourth-order valence-electron chi connectivity index (χ4n) is 2.95. The van der Waals surface area contributed by atoms with Crippen molar-refractivity contribution in [3.8, 4) is 0 Å². The second kappa shape index (κ2) is 6.08. The molecule has 1 aromatic carbocycles. The van der Waals surface area contributed by atoms with E-state index in [1.54, 1.807) is 7.05 Å². The molecule has 1 heterocycles. The van der Waals surface area contributed by atoms with Gasteiger partial charge in [-0.1, -0.05) is 29.4 Å². The van der Waals surface area contributed by atoms with Gasteiger partial charge < -0.3 is 9.84 Å². The zero-order chi connectivity index (χ0) is 14.7. The molecule has 1 aliphatic rings. The maximum Gasteiger partial charge on any atom is 0.227 e. The zero-order valence-electron chi connectivity index (χ0n) is 12.1. The lowest BCUT2D eigenvalue weighted by Crippen LogP contribution is -2.20. The summed E-state index contributed by atoms with van der Waals surface area (Å²) in [5.41, 5.74) is 2.83. The third-order valence-electron chi connectivity index (χ3n) is 4.02. The first-order valence-electron chi connectivity index (χ1n) is 7.36. The van der Waals surface area contributed by atoms with E-state index in [0.717, 1.165) is 19.3 Å². The van der Waals surface area contributed by atoms with Gasteiger partial charge in [0.15, 0.2) is 5.82 Å². The molecule has 0 spiro atoms. The minimum Gasteiger partial charge on any atom is -0.359 e. The van der Waals surface area contributed by atoms with Crippen molar-refractivity contribution in [1.82, 2.24) is 15.5 Å². The molecular weight excluding hydrogens is 266 g/mol. The molecule has 0 unspecified atom stereocenters. The van der Waals surface area contributed by atoms with Crippen LogP contribution < -0.4 is 5.32 Å². The van der Waals surface area contributed by atoms with E-state index in [2.05, 4.69) is 39.7 Å². The molecule has 0 aliphatic heterocycles. The van der Waals surface area contributed by atoms with Crippen molar-refractivity contribution in [1.29, 1.82) is 0 Å². The van der Waals surface area contributed by atoms with Gasteiger partial charge in [-0.05, 0) is 36.3 Å². The van der Waals surface area contributed by atoms with Crippen molar-refractivity contribution in [3.63, 3.8) is 0 Å². The number of likely N-dealkylation sites (N-methyl/N-ethyl adjacent to an activating group) is 1. The molecule has 3 rings (SSSR count). The summed E-state index contributed by atoms with van der Waals surface area (Å²) in [6.45, 7) is 0. The van der Waals surface area contributed by atoms with E-state index in [-0.39, 0.29) is 12.3 Å². The average Bonchev–Trinajstić information content (AvgIpc) is 2.94. The molecule has 2 aromatic rings. The first kappa shape index (κ1) is 13.8. The van der Waals surface area contributed by atoms with Gasteiger partial charge in [-0.3, -0.25) is 4.79 Å². The maximum absolute atomic E-state index is 11.3. The Labute approximate surface area is 123 Å². The monoisotopic (exact) mass is 285 g/mol. The Hall–Kier alpha value is -2.17. The Morgan fingerprint density at radius 3 is 3.14 bits per heavy atom. The highest BCUT2D eigenvalue weighted by molar-refractivity contribution is 5.77. The van der Waals surface area contributed by atoms with E-state index >= 15 is 0 Å². The molecule has 0 fully saturated rings. The van der Waals surface area contributed by atoms with E-state index in [9.17, 15) is 4.79 Å². The molecule has 1 aromatic heterocycles. The molecule has 0 saturated heterocycles. The molecule has 5 nitrogen and oxygen atoms in total. The second-order valence-electron chi connectivity index (χ2n) is 5.45. The summed E-state index contributed by atoms with van der Waals surface area (Å²) >= 11 is 0. The molecule has 1 atom stereocenters. The van der Waals surface area contributed by atoms with Gasteiger partial charge in [0.1, 0.15) is 0 Å². The number of benzene rings is 1. The summed E-state index contributed by atoms with van der Waals surface area (Å²) < 4.78 is 5.29. The standard InChI is InChI=1S/C16H19N3O2/c1-17-15(20)10-14-18-16(21-19-14)9-12-7-4-6-11-5-2-3-8-13(11)12/h2-3,5,8,12H,4,6-7,9-10H2,1H3,(H,17,20)/t12-/m0/s1. The molecular formula is C16H19N3O2. The van der Waals surface area contributed by atoms with Gasteiger partial charge in [-0.2, -0.15) is 4.98 Å². The summed E-state index contributed by atoms with van der Waals surface area (Å²) in [4.78, 5) is 15.6. The summed E-state index contributed by atoms with van der Waals surface area (Å²) in [7, 11) is 1.60. The average molecular weight is 285 g/mol. The molecule has 0 saturated carbocycles. The molecule has 1 amide bonds. The van der Waals surface area contributed by atoms with Crippen LogP contribution in [0.5, 0.6) is 0 Å². The first-order valence-corrected chi connectivity index (χ1v) is 7.36. The lowest BCUT2D eigenvalue weighted by molar-refractivity contribution is -0.120. The largest absolute Gasteiger partial charge is 0.359 e. The number of carbonyl (C=O) groups is 1.